The minimum atomic E-state index is -4.76. The molecule has 1 aromatic heterocycles. The number of aromatic nitrogens is 2. The molecule has 0 saturated carbocycles. The highest BCUT2D eigenvalue weighted by atomic mass is 32.2. The van der Waals surface area contributed by atoms with Crippen molar-refractivity contribution in [1.82, 2.24) is 4.57 Å². The third-order valence-corrected chi connectivity index (χ3v) is 8.98. The van der Waals surface area contributed by atoms with Gasteiger partial charge in [0.1, 0.15) is 19.0 Å². The number of carbonyl (C=O) groups excluding carboxylic acids is 3. The zero-order chi connectivity index (χ0) is 36.5. The Morgan fingerprint density at radius 3 is 1.94 bits per heavy atom. The van der Waals surface area contributed by atoms with Crippen molar-refractivity contribution < 1.29 is 46.1 Å². The van der Waals surface area contributed by atoms with Crippen LogP contribution < -0.4 is 4.57 Å². The summed E-state index contributed by atoms with van der Waals surface area (Å²) in [6, 6.07) is 0. The second kappa shape index (κ2) is 26.0. The number of hydrogen-bond acceptors (Lipinski definition) is 8. The molecule has 1 heterocycles. The largest absolute Gasteiger partial charge is 0.465 e. The Hall–Kier alpha value is -2.99. The van der Waals surface area contributed by atoms with Gasteiger partial charge in [0.15, 0.2) is 11.8 Å². The predicted octanol–water partition coefficient (Wildman–Crippen LogP) is 6.70. The Morgan fingerprint density at radius 1 is 0.875 bits per heavy atom. The molecule has 12 heteroatoms. The Morgan fingerprint density at radius 2 is 1.46 bits per heavy atom. The van der Waals surface area contributed by atoms with Crippen LogP contribution in [0.4, 0.5) is 0 Å². The van der Waals surface area contributed by atoms with Crippen LogP contribution in [0.25, 0.3) is 0 Å². The van der Waals surface area contributed by atoms with E-state index in [1.165, 1.54) is 11.1 Å². The lowest BCUT2D eigenvalue weighted by Crippen LogP contribution is -2.35. The third-order valence-electron chi connectivity index (χ3n) is 7.91. The third kappa shape index (κ3) is 22.6. The minimum absolute atomic E-state index is 0.0747. The molecular formula is C36H63N2O9S+. The highest BCUT2D eigenvalue weighted by Gasteiger charge is 2.36. The first-order valence-electron chi connectivity index (χ1n) is 17.4. The van der Waals surface area contributed by atoms with Crippen LogP contribution in [-0.2, 0) is 52.3 Å². The van der Waals surface area contributed by atoms with E-state index in [-0.39, 0.29) is 37.6 Å². The van der Waals surface area contributed by atoms with Crippen molar-refractivity contribution in [2.24, 2.45) is 18.9 Å². The summed E-state index contributed by atoms with van der Waals surface area (Å²) in [7, 11) is -2.85. The maximum Gasteiger partial charge on any atom is 0.348 e. The molecule has 0 saturated heterocycles. The van der Waals surface area contributed by atoms with Crippen molar-refractivity contribution in [3.63, 3.8) is 0 Å². The topological polar surface area (TPSA) is 142 Å². The fourth-order valence-electron chi connectivity index (χ4n) is 4.58. The molecule has 1 aromatic rings. The average Bonchev–Trinajstić information content (AvgIpc) is 3.43. The van der Waals surface area contributed by atoms with Gasteiger partial charge < -0.3 is 14.2 Å². The van der Waals surface area contributed by atoms with Gasteiger partial charge in [-0.05, 0) is 64.4 Å². The van der Waals surface area contributed by atoms with Gasteiger partial charge in [-0.3, -0.25) is 14.1 Å². The van der Waals surface area contributed by atoms with Gasteiger partial charge in [0.2, 0.25) is 6.33 Å². The van der Waals surface area contributed by atoms with Gasteiger partial charge >= 0.3 is 17.9 Å². The van der Waals surface area contributed by atoms with Gasteiger partial charge in [0.25, 0.3) is 10.1 Å². The summed E-state index contributed by atoms with van der Waals surface area (Å²) < 4.78 is 51.6. The zero-order valence-corrected chi connectivity index (χ0v) is 31.6. The van der Waals surface area contributed by atoms with Crippen LogP contribution in [0.5, 0.6) is 0 Å². The highest BCUT2D eigenvalue weighted by molar-refractivity contribution is 7.87. The molecule has 0 spiro atoms. The zero-order valence-electron chi connectivity index (χ0n) is 30.7. The van der Waals surface area contributed by atoms with E-state index in [0.29, 0.717) is 6.61 Å². The molecular weight excluding hydrogens is 636 g/mol. The van der Waals surface area contributed by atoms with E-state index in [2.05, 4.69) is 40.7 Å². The molecule has 11 nitrogen and oxygen atoms in total. The predicted molar refractivity (Wildman–Crippen MR) is 187 cm³/mol. The van der Waals surface area contributed by atoms with E-state index in [1.807, 2.05) is 50.3 Å². The van der Waals surface area contributed by atoms with Crippen LogP contribution in [-0.4, -0.2) is 60.5 Å². The number of esters is 3. The van der Waals surface area contributed by atoms with Crippen molar-refractivity contribution >= 4 is 28.0 Å². The number of carbonyl (C=O) groups is 3. The van der Waals surface area contributed by atoms with E-state index in [4.69, 9.17) is 14.2 Å². The highest BCUT2D eigenvalue weighted by Crippen LogP contribution is 2.17. The molecule has 1 N–H and O–H groups in total. The molecule has 0 fully saturated rings. The van der Waals surface area contributed by atoms with Crippen molar-refractivity contribution in [3.05, 3.63) is 42.0 Å². The molecule has 3 unspecified atom stereocenters. The van der Waals surface area contributed by atoms with Crippen LogP contribution >= 0.6 is 0 Å². The van der Waals surface area contributed by atoms with E-state index < -0.39 is 33.7 Å². The number of imidazole rings is 1. The van der Waals surface area contributed by atoms with E-state index in [9.17, 15) is 27.4 Å². The van der Waals surface area contributed by atoms with E-state index >= 15 is 0 Å². The van der Waals surface area contributed by atoms with Gasteiger partial charge in [0, 0.05) is 0 Å². The quantitative estimate of drug-likeness (QED) is 0.0434. The first kappa shape index (κ1) is 45.0. The summed E-state index contributed by atoms with van der Waals surface area (Å²) in [5, 5.41) is -1.95. The second-order valence-corrected chi connectivity index (χ2v) is 14.3. The number of allylic oxidation sites excluding steroid dienone is 3. The standard InChI is InChI=1S/C20H38O7S.C16H25N2O2/c1-5-9-11-16(7-3)14-26-19(21)13-18(28(23,24)25)20(22)27-15-17(8-4)12-10-6-2;1-14(2)6-5-7-15(3)8-11-20-16(19)12-18-10-9-17(4)13-18/h16-18H,5-15H2,1-4H3,(H,23,24,25);6,8-10,13H,5,7,11-12H2,1-4H3/q;+1/b;15-8+. The SMILES string of the molecule is CC(C)=CCC/C(C)=C/COC(=O)Cn1cc[n+](C)c1.CCCCC(CC)COC(=O)CC(C(=O)OCC(CC)CCCC)S(=O)(=O)O. The number of rotatable bonds is 23. The van der Waals surface area contributed by atoms with Crippen molar-refractivity contribution in [2.45, 2.75) is 131 Å². The molecule has 0 aliphatic rings. The Labute approximate surface area is 289 Å². The summed E-state index contributed by atoms with van der Waals surface area (Å²) >= 11 is 0. The van der Waals surface area contributed by atoms with Crippen LogP contribution in [0.2, 0.25) is 0 Å². The molecule has 3 atom stereocenters. The summed E-state index contributed by atoms with van der Waals surface area (Å²) in [5.74, 6) is -1.82. The Kier molecular flexibility index (Phi) is 24.3. The normalized spacial score (nSPS) is 13.4. The molecule has 276 valence electrons. The summed E-state index contributed by atoms with van der Waals surface area (Å²) in [6.45, 7) is 15.2. The maximum absolute atomic E-state index is 12.2. The van der Waals surface area contributed by atoms with Crippen molar-refractivity contribution in [2.75, 3.05) is 19.8 Å². The number of aryl methyl sites for hydroxylation is 1. The van der Waals surface area contributed by atoms with Gasteiger partial charge in [-0.25, -0.2) is 13.9 Å². The summed E-state index contributed by atoms with van der Waals surface area (Å²) in [5.41, 5.74) is 2.59. The molecule has 0 bridgehead atoms. The number of nitrogens with zero attached hydrogens (tertiary/aromatic N) is 2. The first-order valence-corrected chi connectivity index (χ1v) is 18.9. The number of unbranched alkanes of at least 4 members (excludes halogenated alkanes) is 2. The van der Waals surface area contributed by atoms with Crippen LogP contribution in [0.3, 0.4) is 0 Å². The first-order chi connectivity index (χ1) is 22.7. The van der Waals surface area contributed by atoms with E-state index in [0.717, 1.165) is 64.2 Å². The molecule has 0 amide bonds. The lowest BCUT2D eigenvalue weighted by atomic mass is 10.0. The molecule has 0 aliphatic heterocycles. The number of hydrogen-bond donors (Lipinski definition) is 1. The van der Waals surface area contributed by atoms with Crippen molar-refractivity contribution in [1.29, 1.82) is 0 Å². The Bertz CT molecular complexity index is 1230. The number of ether oxygens (including phenoxy) is 3. The fourth-order valence-corrected chi connectivity index (χ4v) is 5.24. The van der Waals surface area contributed by atoms with Crippen LogP contribution in [0.1, 0.15) is 119 Å². The minimum Gasteiger partial charge on any atom is -0.465 e. The maximum atomic E-state index is 12.2. The molecule has 0 aliphatic carbocycles. The smallest absolute Gasteiger partial charge is 0.348 e. The fraction of sp³-hybridized carbons (Fsp3) is 0.722. The van der Waals surface area contributed by atoms with Crippen molar-refractivity contribution in [3.8, 4) is 0 Å². The monoisotopic (exact) mass is 699 g/mol. The van der Waals surface area contributed by atoms with Gasteiger partial charge in [0.05, 0.1) is 26.7 Å². The summed E-state index contributed by atoms with van der Waals surface area (Å²) in [4.78, 5) is 35.8. The molecule has 0 radical (unpaired) electrons. The van der Waals surface area contributed by atoms with Crippen LogP contribution in [0.15, 0.2) is 42.0 Å². The van der Waals surface area contributed by atoms with Crippen LogP contribution in [0, 0.1) is 11.8 Å². The van der Waals surface area contributed by atoms with Gasteiger partial charge in [-0.1, -0.05) is 83.4 Å². The Balaban J connectivity index is 0.000000970. The van der Waals surface area contributed by atoms with E-state index in [1.54, 1.807) is 4.57 Å². The molecule has 1 rings (SSSR count). The summed E-state index contributed by atoms with van der Waals surface area (Å²) in [6.07, 6.45) is 18.6. The second-order valence-electron chi connectivity index (χ2n) is 12.7. The van der Waals surface area contributed by atoms with Gasteiger partial charge in [-0.15, -0.1) is 0 Å². The molecule has 48 heavy (non-hydrogen) atoms. The van der Waals surface area contributed by atoms with Gasteiger partial charge in [-0.2, -0.15) is 8.42 Å². The molecule has 0 aromatic carbocycles. The average molecular weight is 700 g/mol. The lowest BCUT2D eigenvalue weighted by molar-refractivity contribution is -0.671. The lowest BCUT2D eigenvalue weighted by Gasteiger charge is -2.18.